The Morgan fingerprint density at radius 3 is 2.88 bits per heavy atom. The van der Waals surface area contributed by atoms with Crippen LogP contribution in [0.2, 0.25) is 0 Å². The van der Waals surface area contributed by atoms with Crippen LogP contribution in [0.4, 0.5) is 0 Å². The Labute approximate surface area is 152 Å². The van der Waals surface area contributed by atoms with Crippen LogP contribution >= 0.6 is 0 Å². The molecule has 2 atom stereocenters. The van der Waals surface area contributed by atoms with Gasteiger partial charge in [-0.3, -0.25) is 4.79 Å². The molecule has 2 fully saturated rings. The second-order valence-corrected chi connectivity index (χ2v) is 7.01. The van der Waals surface area contributed by atoms with Gasteiger partial charge in [0.25, 0.3) is 0 Å². The van der Waals surface area contributed by atoms with Gasteiger partial charge in [0.05, 0.1) is 7.11 Å². The topological polar surface area (TPSA) is 80.5 Å². The van der Waals surface area contributed by atoms with Gasteiger partial charge < -0.3 is 19.5 Å². The third kappa shape index (κ3) is 3.72. The Kier molecular flexibility index (Phi) is 4.88. The van der Waals surface area contributed by atoms with Crippen LogP contribution in [0.5, 0.6) is 5.75 Å². The van der Waals surface area contributed by atoms with Crippen molar-refractivity contribution in [3.05, 3.63) is 30.2 Å². The standard InChI is InChI=1S/C19H24N4O3/c1-25-16-6-2-13(3-7-16)19-21-17(26-22-19)8-9-18(24)23-11-10-14-4-5-15(12-23)20-14/h2-3,6-7,14-15,20H,4-5,8-12H2,1H3. The summed E-state index contributed by atoms with van der Waals surface area (Å²) in [6, 6.07) is 8.53. The van der Waals surface area contributed by atoms with Crippen LogP contribution in [0, 0.1) is 0 Å². The summed E-state index contributed by atoms with van der Waals surface area (Å²) in [5, 5.41) is 7.61. The smallest absolute Gasteiger partial charge is 0.227 e. The first-order valence-electron chi connectivity index (χ1n) is 9.22. The molecule has 0 spiro atoms. The molecule has 1 amide bonds. The van der Waals surface area contributed by atoms with E-state index in [-0.39, 0.29) is 5.91 Å². The Morgan fingerprint density at radius 1 is 1.27 bits per heavy atom. The second-order valence-electron chi connectivity index (χ2n) is 7.01. The number of hydrogen-bond acceptors (Lipinski definition) is 6. The van der Waals surface area contributed by atoms with E-state index in [1.54, 1.807) is 7.11 Å². The van der Waals surface area contributed by atoms with Crippen molar-refractivity contribution in [1.82, 2.24) is 20.4 Å². The molecule has 7 heteroatoms. The number of rotatable bonds is 5. The average Bonchev–Trinajstić information content (AvgIpc) is 3.26. The monoisotopic (exact) mass is 356 g/mol. The van der Waals surface area contributed by atoms with E-state index in [9.17, 15) is 4.79 Å². The summed E-state index contributed by atoms with van der Waals surface area (Å²) < 4.78 is 10.5. The first kappa shape index (κ1) is 17.0. The lowest BCUT2D eigenvalue weighted by molar-refractivity contribution is -0.131. The molecule has 2 saturated heterocycles. The highest BCUT2D eigenvalue weighted by atomic mass is 16.5. The SMILES string of the molecule is COc1ccc(-c2noc(CCC(=O)N3CCC4CCC(C3)N4)n2)cc1. The van der Waals surface area contributed by atoms with Gasteiger partial charge in [-0.2, -0.15) is 4.98 Å². The zero-order valence-electron chi connectivity index (χ0n) is 15.0. The van der Waals surface area contributed by atoms with E-state index in [1.807, 2.05) is 29.2 Å². The number of fused-ring (bicyclic) bond motifs is 2. The molecule has 2 aliphatic rings. The largest absolute Gasteiger partial charge is 0.497 e. The summed E-state index contributed by atoms with van der Waals surface area (Å²) in [4.78, 5) is 18.9. The summed E-state index contributed by atoms with van der Waals surface area (Å²) in [6.45, 7) is 1.66. The van der Waals surface area contributed by atoms with E-state index in [2.05, 4.69) is 15.5 Å². The molecule has 26 heavy (non-hydrogen) atoms. The molecule has 2 bridgehead atoms. The first-order valence-corrected chi connectivity index (χ1v) is 9.22. The molecule has 2 aromatic rings. The summed E-state index contributed by atoms with van der Waals surface area (Å²) in [6.07, 6.45) is 4.33. The number of nitrogens with one attached hydrogen (secondary N) is 1. The van der Waals surface area contributed by atoms with Crippen LogP contribution in [0.25, 0.3) is 11.4 Å². The molecule has 1 aromatic carbocycles. The molecule has 4 rings (SSSR count). The molecular formula is C19H24N4O3. The molecule has 0 saturated carbocycles. The highest BCUT2D eigenvalue weighted by Crippen LogP contribution is 2.22. The molecule has 0 radical (unpaired) electrons. The van der Waals surface area contributed by atoms with Crippen LogP contribution in [0.1, 0.15) is 31.6 Å². The molecular weight excluding hydrogens is 332 g/mol. The van der Waals surface area contributed by atoms with E-state index >= 15 is 0 Å². The minimum absolute atomic E-state index is 0.170. The van der Waals surface area contributed by atoms with Crippen molar-refractivity contribution in [1.29, 1.82) is 0 Å². The zero-order valence-corrected chi connectivity index (χ0v) is 15.0. The van der Waals surface area contributed by atoms with Crippen molar-refractivity contribution in [3.8, 4) is 17.1 Å². The van der Waals surface area contributed by atoms with E-state index in [1.165, 1.54) is 12.8 Å². The molecule has 7 nitrogen and oxygen atoms in total. The Balaban J connectivity index is 1.33. The molecule has 1 aromatic heterocycles. The van der Waals surface area contributed by atoms with Gasteiger partial charge in [0.15, 0.2) is 0 Å². The first-order chi connectivity index (χ1) is 12.7. The number of benzene rings is 1. The molecule has 3 heterocycles. The number of aromatic nitrogens is 2. The number of hydrogen-bond donors (Lipinski definition) is 1. The van der Waals surface area contributed by atoms with Crippen LogP contribution in [-0.2, 0) is 11.2 Å². The maximum absolute atomic E-state index is 12.5. The van der Waals surface area contributed by atoms with E-state index < -0.39 is 0 Å². The minimum atomic E-state index is 0.170. The molecule has 0 aliphatic carbocycles. The van der Waals surface area contributed by atoms with Crippen molar-refractivity contribution in [3.63, 3.8) is 0 Å². The molecule has 2 unspecified atom stereocenters. The Hall–Kier alpha value is -2.41. The Bertz CT molecular complexity index is 758. The number of nitrogens with zero attached hydrogens (tertiary/aromatic N) is 3. The van der Waals surface area contributed by atoms with Crippen molar-refractivity contribution < 1.29 is 14.1 Å². The summed E-state index contributed by atoms with van der Waals surface area (Å²) >= 11 is 0. The third-order valence-electron chi connectivity index (χ3n) is 5.24. The highest BCUT2D eigenvalue weighted by molar-refractivity contribution is 5.76. The van der Waals surface area contributed by atoms with Gasteiger partial charge in [-0.05, 0) is 43.5 Å². The zero-order chi connectivity index (χ0) is 17.9. The normalized spacial score (nSPS) is 22.3. The van der Waals surface area contributed by atoms with Crippen LogP contribution in [0.3, 0.4) is 0 Å². The molecule has 1 N–H and O–H groups in total. The maximum atomic E-state index is 12.5. The quantitative estimate of drug-likeness (QED) is 0.883. The predicted molar refractivity (Wildman–Crippen MR) is 95.7 cm³/mol. The number of amides is 1. The number of ether oxygens (including phenoxy) is 1. The minimum Gasteiger partial charge on any atom is -0.497 e. The summed E-state index contributed by atoms with van der Waals surface area (Å²) in [7, 11) is 1.63. The van der Waals surface area contributed by atoms with E-state index in [0.717, 1.165) is 30.8 Å². The average molecular weight is 356 g/mol. The highest BCUT2D eigenvalue weighted by Gasteiger charge is 2.31. The van der Waals surface area contributed by atoms with Gasteiger partial charge >= 0.3 is 0 Å². The van der Waals surface area contributed by atoms with Gasteiger partial charge in [0.2, 0.25) is 17.6 Å². The summed E-state index contributed by atoms with van der Waals surface area (Å²) in [5.41, 5.74) is 0.863. The summed E-state index contributed by atoms with van der Waals surface area (Å²) in [5.74, 6) is 1.98. The van der Waals surface area contributed by atoms with Gasteiger partial charge in [-0.1, -0.05) is 5.16 Å². The van der Waals surface area contributed by atoms with E-state index in [4.69, 9.17) is 9.26 Å². The van der Waals surface area contributed by atoms with Gasteiger partial charge in [-0.25, -0.2) is 0 Å². The molecule has 138 valence electrons. The van der Waals surface area contributed by atoms with Crippen LogP contribution < -0.4 is 10.1 Å². The number of methoxy groups -OCH3 is 1. The van der Waals surface area contributed by atoms with Gasteiger partial charge in [0.1, 0.15) is 5.75 Å². The lowest BCUT2D eigenvalue weighted by atomic mass is 10.1. The lowest BCUT2D eigenvalue weighted by Gasteiger charge is -2.24. The lowest BCUT2D eigenvalue weighted by Crippen LogP contribution is -2.39. The predicted octanol–water partition coefficient (Wildman–Crippen LogP) is 2.03. The van der Waals surface area contributed by atoms with Crippen LogP contribution in [0.15, 0.2) is 28.8 Å². The maximum Gasteiger partial charge on any atom is 0.227 e. The van der Waals surface area contributed by atoms with Crippen molar-refractivity contribution in [2.45, 2.75) is 44.2 Å². The van der Waals surface area contributed by atoms with Crippen molar-refractivity contribution in [2.75, 3.05) is 20.2 Å². The third-order valence-corrected chi connectivity index (χ3v) is 5.24. The fourth-order valence-electron chi connectivity index (χ4n) is 3.76. The Morgan fingerprint density at radius 2 is 2.08 bits per heavy atom. The van der Waals surface area contributed by atoms with Crippen molar-refractivity contribution in [2.24, 2.45) is 0 Å². The fraction of sp³-hybridized carbons (Fsp3) is 0.526. The fourth-order valence-corrected chi connectivity index (χ4v) is 3.76. The molecule has 2 aliphatic heterocycles. The number of carbonyl (C=O) groups is 1. The van der Waals surface area contributed by atoms with Crippen LogP contribution in [-0.4, -0.2) is 53.2 Å². The second kappa shape index (κ2) is 7.45. The van der Waals surface area contributed by atoms with E-state index in [0.29, 0.717) is 36.6 Å². The number of carbonyl (C=O) groups excluding carboxylic acids is 1. The number of aryl methyl sites for hydroxylation is 1. The number of likely N-dealkylation sites (tertiary alicyclic amines) is 1. The van der Waals surface area contributed by atoms with Crippen molar-refractivity contribution >= 4 is 5.91 Å². The van der Waals surface area contributed by atoms with Gasteiger partial charge in [-0.15, -0.1) is 0 Å². The van der Waals surface area contributed by atoms with Gasteiger partial charge in [0, 0.05) is 43.6 Å².